The first-order chi connectivity index (χ1) is 10.4. The lowest BCUT2D eigenvalue weighted by Gasteiger charge is -2.31. The number of fused-ring (bicyclic) bond motifs is 1. The van der Waals surface area contributed by atoms with E-state index in [1.807, 2.05) is 13.0 Å². The first-order valence-corrected chi connectivity index (χ1v) is 8.98. The third-order valence-electron chi connectivity index (χ3n) is 4.30. The zero-order chi connectivity index (χ0) is 15.9. The summed E-state index contributed by atoms with van der Waals surface area (Å²) in [6, 6.07) is 5.28. The maximum atomic E-state index is 12.8. The molecule has 6 nitrogen and oxygen atoms in total. The van der Waals surface area contributed by atoms with Crippen LogP contribution in [0.2, 0.25) is 0 Å². The molecule has 2 aliphatic heterocycles. The van der Waals surface area contributed by atoms with E-state index in [2.05, 4.69) is 5.32 Å². The second kappa shape index (κ2) is 5.64. The van der Waals surface area contributed by atoms with Gasteiger partial charge in [0.15, 0.2) is 0 Å². The SMILES string of the molecule is CC(=O)N1CCc2ccc(S(=O)(=O)N3CCN[C@H](C)C3)cc21. The second-order valence-corrected chi connectivity index (χ2v) is 7.87. The van der Waals surface area contributed by atoms with E-state index in [-0.39, 0.29) is 16.8 Å². The Morgan fingerprint density at radius 3 is 2.77 bits per heavy atom. The van der Waals surface area contributed by atoms with E-state index < -0.39 is 10.0 Å². The molecular weight excluding hydrogens is 302 g/mol. The molecule has 7 heteroatoms. The van der Waals surface area contributed by atoms with Crippen molar-refractivity contribution >= 4 is 21.6 Å². The predicted octanol–water partition coefficient (Wildman–Crippen LogP) is 0.578. The molecule has 2 heterocycles. The minimum absolute atomic E-state index is 0.0518. The van der Waals surface area contributed by atoms with Gasteiger partial charge >= 0.3 is 0 Å². The highest BCUT2D eigenvalue weighted by atomic mass is 32.2. The Morgan fingerprint density at radius 2 is 2.09 bits per heavy atom. The number of nitrogens with zero attached hydrogens (tertiary/aromatic N) is 2. The molecule has 1 saturated heterocycles. The van der Waals surface area contributed by atoms with Crippen LogP contribution in [0.4, 0.5) is 5.69 Å². The molecule has 0 aromatic heterocycles. The lowest BCUT2D eigenvalue weighted by Crippen LogP contribution is -2.51. The number of anilines is 1. The summed E-state index contributed by atoms with van der Waals surface area (Å²) < 4.78 is 27.1. The van der Waals surface area contributed by atoms with E-state index >= 15 is 0 Å². The number of carbonyl (C=O) groups is 1. The molecule has 0 saturated carbocycles. The molecule has 0 radical (unpaired) electrons. The Kier molecular flexibility index (Phi) is 3.96. The smallest absolute Gasteiger partial charge is 0.243 e. The van der Waals surface area contributed by atoms with Crippen molar-refractivity contribution in [2.75, 3.05) is 31.1 Å². The third kappa shape index (κ3) is 2.64. The molecule has 2 aliphatic rings. The first kappa shape index (κ1) is 15.5. The zero-order valence-corrected chi connectivity index (χ0v) is 13.7. The van der Waals surface area contributed by atoms with Crippen molar-refractivity contribution in [3.8, 4) is 0 Å². The molecule has 1 aromatic carbocycles. The Bertz CT molecular complexity index is 702. The van der Waals surface area contributed by atoms with E-state index in [1.54, 1.807) is 17.0 Å². The Balaban J connectivity index is 1.95. The van der Waals surface area contributed by atoms with E-state index in [4.69, 9.17) is 0 Å². The van der Waals surface area contributed by atoms with Gasteiger partial charge in [-0.15, -0.1) is 0 Å². The fourth-order valence-electron chi connectivity index (χ4n) is 3.11. The molecule has 0 aliphatic carbocycles. The summed E-state index contributed by atoms with van der Waals surface area (Å²) >= 11 is 0. The normalized spacial score (nSPS) is 22.6. The average Bonchev–Trinajstić information content (AvgIpc) is 2.90. The Morgan fingerprint density at radius 1 is 1.32 bits per heavy atom. The molecule has 1 amide bonds. The van der Waals surface area contributed by atoms with Crippen LogP contribution in [0.3, 0.4) is 0 Å². The van der Waals surface area contributed by atoms with Crippen LogP contribution in [0.1, 0.15) is 19.4 Å². The third-order valence-corrected chi connectivity index (χ3v) is 6.16. The van der Waals surface area contributed by atoms with Crippen LogP contribution in [-0.2, 0) is 21.2 Å². The van der Waals surface area contributed by atoms with Crippen molar-refractivity contribution in [1.82, 2.24) is 9.62 Å². The van der Waals surface area contributed by atoms with E-state index in [0.717, 1.165) is 17.7 Å². The summed E-state index contributed by atoms with van der Waals surface area (Å²) in [6.07, 6.45) is 0.778. The van der Waals surface area contributed by atoms with Gasteiger partial charge in [-0.05, 0) is 31.0 Å². The highest BCUT2D eigenvalue weighted by Gasteiger charge is 2.30. The summed E-state index contributed by atoms with van der Waals surface area (Å²) in [5, 5.41) is 3.24. The summed E-state index contributed by atoms with van der Waals surface area (Å²) in [7, 11) is -3.51. The predicted molar refractivity (Wildman–Crippen MR) is 84.4 cm³/mol. The number of amides is 1. The van der Waals surface area contributed by atoms with Crippen LogP contribution in [0.5, 0.6) is 0 Å². The zero-order valence-electron chi connectivity index (χ0n) is 12.9. The van der Waals surface area contributed by atoms with Crippen molar-refractivity contribution in [2.45, 2.75) is 31.2 Å². The minimum atomic E-state index is -3.51. The number of benzene rings is 1. The maximum Gasteiger partial charge on any atom is 0.243 e. The molecule has 1 aromatic rings. The molecule has 120 valence electrons. The van der Waals surface area contributed by atoms with Crippen LogP contribution >= 0.6 is 0 Å². The van der Waals surface area contributed by atoms with Gasteiger partial charge in [-0.25, -0.2) is 8.42 Å². The van der Waals surface area contributed by atoms with Gasteiger partial charge in [0.2, 0.25) is 15.9 Å². The van der Waals surface area contributed by atoms with Gasteiger partial charge in [0.25, 0.3) is 0 Å². The van der Waals surface area contributed by atoms with Gasteiger partial charge in [-0.1, -0.05) is 6.07 Å². The molecular formula is C15H21N3O3S. The largest absolute Gasteiger partial charge is 0.312 e. The van der Waals surface area contributed by atoms with E-state index in [0.29, 0.717) is 26.2 Å². The number of rotatable bonds is 2. The highest BCUT2D eigenvalue weighted by Crippen LogP contribution is 2.31. The van der Waals surface area contributed by atoms with Gasteiger partial charge in [0.1, 0.15) is 0 Å². The van der Waals surface area contributed by atoms with Crippen molar-refractivity contribution in [3.05, 3.63) is 23.8 Å². The standard InChI is InChI=1S/C15H21N3O3S/c1-11-10-17(8-6-16-11)22(20,21)14-4-3-13-5-7-18(12(2)19)15(13)9-14/h3-4,9,11,16H,5-8,10H2,1-2H3/t11-/m1/s1. The molecule has 1 fully saturated rings. The van der Waals surface area contributed by atoms with Crippen LogP contribution < -0.4 is 10.2 Å². The molecule has 22 heavy (non-hydrogen) atoms. The Hall–Kier alpha value is -1.44. The van der Waals surface area contributed by atoms with Crippen LogP contribution in [0, 0.1) is 0 Å². The van der Waals surface area contributed by atoms with Gasteiger partial charge in [0.05, 0.1) is 4.90 Å². The number of hydrogen-bond donors (Lipinski definition) is 1. The number of piperazine rings is 1. The van der Waals surface area contributed by atoms with Gasteiger partial charge in [0, 0.05) is 44.8 Å². The Labute approximate surface area is 131 Å². The monoisotopic (exact) mass is 323 g/mol. The van der Waals surface area contributed by atoms with Crippen LogP contribution in [0.15, 0.2) is 23.1 Å². The molecule has 0 bridgehead atoms. The summed E-state index contributed by atoms with van der Waals surface area (Å²) in [5.74, 6) is -0.0518. The summed E-state index contributed by atoms with van der Waals surface area (Å²) in [5.41, 5.74) is 1.76. The number of carbonyl (C=O) groups excluding carboxylic acids is 1. The molecule has 1 atom stereocenters. The number of nitrogens with one attached hydrogen (secondary N) is 1. The maximum absolute atomic E-state index is 12.8. The fourth-order valence-corrected chi connectivity index (χ4v) is 4.66. The highest BCUT2D eigenvalue weighted by molar-refractivity contribution is 7.89. The van der Waals surface area contributed by atoms with Crippen molar-refractivity contribution < 1.29 is 13.2 Å². The summed E-state index contributed by atoms with van der Waals surface area (Å²) in [4.78, 5) is 13.6. The lowest BCUT2D eigenvalue weighted by atomic mass is 10.2. The van der Waals surface area contributed by atoms with Crippen molar-refractivity contribution in [1.29, 1.82) is 0 Å². The van der Waals surface area contributed by atoms with Crippen LogP contribution in [-0.4, -0.2) is 50.9 Å². The van der Waals surface area contributed by atoms with Crippen LogP contribution in [0.25, 0.3) is 0 Å². The molecule has 3 rings (SSSR count). The van der Waals surface area contributed by atoms with Gasteiger partial charge in [-0.2, -0.15) is 4.31 Å². The molecule has 1 N–H and O–H groups in total. The first-order valence-electron chi connectivity index (χ1n) is 7.54. The number of hydrogen-bond acceptors (Lipinski definition) is 4. The number of sulfonamides is 1. The van der Waals surface area contributed by atoms with Gasteiger partial charge in [-0.3, -0.25) is 4.79 Å². The van der Waals surface area contributed by atoms with E-state index in [1.165, 1.54) is 11.2 Å². The summed E-state index contributed by atoms with van der Waals surface area (Å²) in [6.45, 7) is 5.70. The topological polar surface area (TPSA) is 69.7 Å². The molecule has 0 spiro atoms. The van der Waals surface area contributed by atoms with Gasteiger partial charge < -0.3 is 10.2 Å². The van der Waals surface area contributed by atoms with Crippen molar-refractivity contribution in [2.24, 2.45) is 0 Å². The second-order valence-electron chi connectivity index (χ2n) is 5.93. The lowest BCUT2D eigenvalue weighted by molar-refractivity contribution is -0.116. The minimum Gasteiger partial charge on any atom is -0.312 e. The average molecular weight is 323 g/mol. The van der Waals surface area contributed by atoms with E-state index in [9.17, 15) is 13.2 Å². The van der Waals surface area contributed by atoms with Crippen molar-refractivity contribution in [3.63, 3.8) is 0 Å². The quantitative estimate of drug-likeness (QED) is 0.864. The fraction of sp³-hybridized carbons (Fsp3) is 0.533. The molecule has 0 unspecified atom stereocenters.